The molecule has 1 fully saturated rings. The first kappa shape index (κ1) is 31.4. The summed E-state index contributed by atoms with van der Waals surface area (Å²) < 4.78 is 17.1. The highest BCUT2D eigenvalue weighted by Crippen LogP contribution is 2.44. The summed E-state index contributed by atoms with van der Waals surface area (Å²) in [6.07, 6.45) is 1.53. The van der Waals surface area contributed by atoms with Gasteiger partial charge < -0.3 is 34.4 Å². The lowest BCUT2D eigenvalue weighted by Gasteiger charge is -2.42. The minimum atomic E-state index is -1.58. The van der Waals surface area contributed by atoms with Crippen molar-refractivity contribution in [3.8, 4) is 11.6 Å². The lowest BCUT2D eigenvalue weighted by Crippen LogP contribution is -2.46. The molecule has 2 aromatic rings. The third-order valence-electron chi connectivity index (χ3n) is 6.83. The Kier molecular flexibility index (Phi) is 10.7. The van der Waals surface area contributed by atoms with Gasteiger partial charge in [0.25, 0.3) is 0 Å². The number of carbonyl (C=O) groups is 3. The van der Waals surface area contributed by atoms with Crippen LogP contribution in [0.25, 0.3) is 0 Å². The minimum Gasteiger partial charge on any atom is -0.497 e. The average Bonchev–Trinajstić information content (AvgIpc) is 2.96. The Balaban J connectivity index is 0.000000397. The van der Waals surface area contributed by atoms with Crippen molar-refractivity contribution < 1.29 is 43.9 Å². The highest BCUT2D eigenvalue weighted by atomic mass is 16.5. The van der Waals surface area contributed by atoms with Gasteiger partial charge in [-0.05, 0) is 37.5 Å². The maximum Gasteiger partial charge on any atom is 0.372 e. The molecular formula is C28H36N4O9. The Morgan fingerprint density at radius 3 is 2.37 bits per heavy atom. The summed E-state index contributed by atoms with van der Waals surface area (Å²) in [5.41, 5.74) is 3.54. The van der Waals surface area contributed by atoms with Crippen molar-refractivity contribution in [1.82, 2.24) is 9.97 Å². The molecule has 4 atom stereocenters. The Bertz CT molecular complexity index is 1300. The molecular weight excluding hydrogens is 536 g/mol. The number of carboxylic acids is 2. The summed E-state index contributed by atoms with van der Waals surface area (Å²) in [6.45, 7) is 2.50. The number of fused-ring (bicyclic) bond motifs is 3. The summed E-state index contributed by atoms with van der Waals surface area (Å²) in [5, 5.41) is 26.6. The van der Waals surface area contributed by atoms with Crippen LogP contribution in [0.5, 0.6) is 11.6 Å². The van der Waals surface area contributed by atoms with Crippen LogP contribution in [-0.4, -0.2) is 102 Å². The molecule has 0 amide bonds. The normalized spacial score (nSPS) is 20.8. The van der Waals surface area contributed by atoms with Crippen LogP contribution in [0.2, 0.25) is 0 Å². The Morgan fingerprint density at radius 1 is 1.05 bits per heavy atom. The van der Waals surface area contributed by atoms with Gasteiger partial charge in [-0.2, -0.15) is 4.98 Å². The summed E-state index contributed by atoms with van der Waals surface area (Å²) in [5.74, 6) is -2.07. The topological polar surface area (TPSA) is 181 Å². The predicted octanol–water partition coefficient (Wildman–Crippen LogP) is 1.93. The first-order valence-electron chi connectivity index (χ1n) is 13.1. The van der Waals surface area contributed by atoms with Gasteiger partial charge in [0.15, 0.2) is 0 Å². The van der Waals surface area contributed by atoms with Crippen LogP contribution >= 0.6 is 0 Å². The molecule has 0 spiro atoms. The molecule has 3 N–H and O–H groups in total. The molecule has 0 bridgehead atoms. The van der Waals surface area contributed by atoms with E-state index in [1.807, 2.05) is 38.1 Å². The molecule has 1 saturated carbocycles. The zero-order valence-corrected chi connectivity index (χ0v) is 23.7. The van der Waals surface area contributed by atoms with Crippen LogP contribution in [0.1, 0.15) is 55.2 Å². The van der Waals surface area contributed by atoms with Crippen molar-refractivity contribution in [2.75, 3.05) is 39.8 Å². The van der Waals surface area contributed by atoms with Crippen LogP contribution < -0.4 is 14.4 Å². The van der Waals surface area contributed by atoms with Gasteiger partial charge in [-0.3, -0.25) is 14.6 Å². The van der Waals surface area contributed by atoms with Gasteiger partial charge >= 0.3 is 11.9 Å². The number of aromatic nitrogens is 2. The van der Waals surface area contributed by atoms with Gasteiger partial charge in [-0.1, -0.05) is 6.07 Å². The van der Waals surface area contributed by atoms with Crippen molar-refractivity contribution in [2.45, 2.75) is 56.8 Å². The summed E-state index contributed by atoms with van der Waals surface area (Å²) >= 11 is 0. The summed E-state index contributed by atoms with van der Waals surface area (Å²) in [7, 11) is 7.02. The second kappa shape index (κ2) is 14.0. The third kappa shape index (κ3) is 7.35. The quantitative estimate of drug-likeness (QED) is 0.353. The number of hydrogen-bond acceptors (Lipinski definition) is 11. The lowest BCUT2D eigenvalue weighted by atomic mass is 9.72. The number of hydrogen-bond donors (Lipinski definition) is 3. The number of benzene rings is 1. The predicted molar refractivity (Wildman–Crippen MR) is 148 cm³/mol. The number of nitrogens with zero attached hydrogens (tertiary/aromatic N) is 4. The standard InChI is InChI=1S/C23H30N4O4.C5H6O5/c1-6-31-21-18(28)10-9-17-19(21)14-8-7-13(29-4)11-15(14)20(25-17)16-12-24-23(27(2)3)26-22(16)30-5;6-3(5(9)10)1-2-4(7)8/h7-8,11-12,17-19,21,28H,6,9-10H2,1-5H3;1-2H2,(H,7,8)(H,9,10)/t17-,18-,19-,21?;/m1./s1. The van der Waals surface area contributed by atoms with Crippen LogP contribution in [0, 0.1) is 0 Å². The van der Waals surface area contributed by atoms with Gasteiger partial charge in [-0.15, -0.1) is 0 Å². The van der Waals surface area contributed by atoms with Crippen LogP contribution in [0.4, 0.5) is 5.95 Å². The van der Waals surface area contributed by atoms with Crippen LogP contribution in [-0.2, 0) is 19.1 Å². The largest absolute Gasteiger partial charge is 0.497 e. The van der Waals surface area contributed by atoms with E-state index in [0.29, 0.717) is 24.9 Å². The van der Waals surface area contributed by atoms with Crippen LogP contribution in [0.3, 0.4) is 0 Å². The fourth-order valence-corrected chi connectivity index (χ4v) is 4.91. The van der Waals surface area contributed by atoms with E-state index < -0.39 is 36.7 Å². The van der Waals surface area contributed by atoms with E-state index in [2.05, 4.69) is 16.0 Å². The number of methoxy groups -OCH3 is 2. The van der Waals surface area contributed by atoms with E-state index in [1.54, 1.807) is 20.4 Å². The number of anilines is 1. The van der Waals surface area contributed by atoms with E-state index >= 15 is 0 Å². The molecule has 13 heteroatoms. The van der Waals surface area contributed by atoms with Gasteiger partial charge in [-0.25, -0.2) is 9.78 Å². The molecule has 41 heavy (non-hydrogen) atoms. The number of carbonyl (C=O) groups excluding carboxylic acids is 1. The fraction of sp³-hybridized carbons (Fsp3) is 0.500. The smallest absolute Gasteiger partial charge is 0.372 e. The Labute approximate surface area is 237 Å². The zero-order valence-electron chi connectivity index (χ0n) is 23.7. The number of rotatable bonds is 10. The Morgan fingerprint density at radius 2 is 1.78 bits per heavy atom. The number of aliphatic hydroxyl groups excluding tert-OH is 1. The fourth-order valence-electron chi connectivity index (χ4n) is 4.91. The van der Waals surface area contributed by atoms with Gasteiger partial charge in [0.2, 0.25) is 17.6 Å². The van der Waals surface area contributed by atoms with E-state index in [-0.39, 0.29) is 18.1 Å². The highest BCUT2D eigenvalue weighted by Gasteiger charge is 2.44. The highest BCUT2D eigenvalue weighted by molar-refractivity contribution is 6.32. The number of ketones is 1. The number of Topliss-reactive ketones (excluding diaryl/α,β-unsaturated/α-hetero) is 1. The van der Waals surface area contributed by atoms with E-state index in [0.717, 1.165) is 34.6 Å². The SMILES string of the molecule is CCOC1[C@H](O)CC[C@H]2N=C(c3cnc(N(C)C)nc3OC)c3cc(OC)ccc3[C@@H]12.O=C(O)CCC(=O)C(=O)O. The van der Waals surface area contributed by atoms with Gasteiger partial charge in [0, 0.05) is 44.8 Å². The first-order chi connectivity index (χ1) is 19.5. The first-order valence-corrected chi connectivity index (χ1v) is 13.1. The van der Waals surface area contributed by atoms with Gasteiger partial charge in [0.05, 0.1) is 50.2 Å². The molecule has 1 aliphatic heterocycles. The second-order valence-corrected chi connectivity index (χ2v) is 9.70. The van der Waals surface area contributed by atoms with Crippen LogP contribution in [0.15, 0.2) is 29.4 Å². The zero-order chi connectivity index (χ0) is 30.3. The van der Waals surface area contributed by atoms with E-state index in [1.165, 1.54) is 0 Å². The Hall–Kier alpha value is -4.10. The average molecular weight is 573 g/mol. The van der Waals surface area contributed by atoms with E-state index in [9.17, 15) is 19.5 Å². The monoisotopic (exact) mass is 572 g/mol. The molecule has 13 nitrogen and oxygen atoms in total. The molecule has 4 rings (SSSR count). The number of aliphatic hydroxyl groups is 1. The third-order valence-corrected chi connectivity index (χ3v) is 6.83. The van der Waals surface area contributed by atoms with Crippen molar-refractivity contribution in [1.29, 1.82) is 0 Å². The maximum atomic E-state index is 10.7. The summed E-state index contributed by atoms with van der Waals surface area (Å²) in [4.78, 5) is 45.8. The minimum absolute atomic E-state index is 0.00548. The molecule has 1 aliphatic carbocycles. The lowest BCUT2D eigenvalue weighted by molar-refractivity contribution is -0.149. The van der Waals surface area contributed by atoms with Crippen molar-refractivity contribution in [3.05, 3.63) is 41.1 Å². The second-order valence-electron chi connectivity index (χ2n) is 9.70. The van der Waals surface area contributed by atoms with Crippen molar-refractivity contribution in [3.63, 3.8) is 0 Å². The molecule has 0 radical (unpaired) electrons. The number of aliphatic carboxylic acids is 2. The molecule has 0 saturated heterocycles. The molecule has 2 heterocycles. The van der Waals surface area contributed by atoms with Crippen molar-refractivity contribution in [2.24, 2.45) is 4.99 Å². The maximum absolute atomic E-state index is 10.7. The number of ether oxygens (including phenoxy) is 3. The molecule has 2 aliphatic rings. The number of aliphatic imine (C=N–C) groups is 1. The summed E-state index contributed by atoms with van der Waals surface area (Å²) in [6, 6.07) is 5.99. The number of carboxylic acid groups (broad SMARTS) is 2. The van der Waals surface area contributed by atoms with Gasteiger partial charge in [0.1, 0.15) is 5.75 Å². The molecule has 222 valence electrons. The van der Waals surface area contributed by atoms with E-state index in [4.69, 9.17) is 29.4 Å². The molecule has 1 unspecified atom stereocenters. The molecule has 1 aromatic heterocycles. The molecule has 1 aromatic carbocycles. The van der Waals surface area contributed by atoms with Crippen molar-refractivity contribution >= 4 is 29.4 Å².